The Morgan fingerprint density at radius 3 is 2.56 bits per heavy atom. The van der Waals surface area contributed by atoms with Crippen molar-refractivity contribution in [2.24, 2.45) is 10.8 Å². The molecule has 0 unspecified atom stereocenters. The third-order valence-corrected chi connectivity index (χ3v) is 2.23. The lowest BCUT2D eigenvalue weighted by Gasteiger charge is -2.00. The summed E-state index contributed by atoms with van der Waals surface area (Å²) in [6.07, 6.45) is 1.68. The number of carbonyl (C=O) groups excluding carboxylic acids is 1. The van der Waals surface area contributed by atoms with Crippen LogP contribution < -0.4 is 15.9 Å². The number of rotatable bonds is 2. The number of nitrogens with one attached hydrogen (secondary N) is 1. The fourth-order valence-corrected chi connectivity index (χ4v) is 1.35. The van der Waals surface area contributed by atoms with Crippen molar-refractivity contribution in [3.05, 3.63) is 35.4 Å². The van der Waals surface area contributed by atoms with Crippen LogP contribution >= 0.6 is 0 Å². The molecule has 16 heavy (non-hydrogen) atoms. The van der Waals surface area contributed by atoms with Crippen molar-refractivity contribution >= 4 is 17.8 Å². The number of carbonyl (C=O) groups is 1. The van der Waals surface area contributed by atoms with Crippen molar-refractivity contribution < 1.29 is 9.53 Å². The topological polar surface area (TPSA) is 76.7 Å². The molecule has 0 saturated heterocycles. The summed E-state index contributed by atoms with van der Waals surface area (Å²) in [7, 11) is 1.60. The van der Waals surface area contributed by atoms with Gasteiger partial charge in [0, 0.05) is 0 Å². The van der Waals surface area contributed by atoms with E-state index in [1.54, 1.807) is 13.2 Å². The van der Waals surface area contributed by atoms with Crippen molar-refractivity contribution in [3.63, 3.8) is 0 Å². The van der Waals surface area contributed by atoms with Crippen LogP contribution in [0, 0.1) is 0 Å². The number of hydrazone groups is 1. The van der Waals surface area contributed by atoms with Crippen LogP contribution in [-0.2, 0) is 4.79 Å². The molecule has 0 bridgehead atoms. The second-order valence-electron chi connectivity index (χ2n) is 3.27. The van der Waals surface area contributed by atoms with Crippen LogP contribution in [0.4, 0.5) is 0 Å². The maximum absolute atomic E-state index is 11.3. The van der Waals surface area contributed by atoms with Crippen LogP contribution in [0.25, 0.3) is 6.08 Å². The molecule has 0 aliphatic carbocycles. The van der Waals surface area contributed by atoms with Gasteiger partial charge < -0.3 is 10.5 Å². The Morgan fingerprint density at radius 2 is 2.06 bits per heavy atom. The van der Waals surface area contributed by atoms with Crippen molar-refractivity contribution in [3.8, 4) is 5.75 Å². The number of benzene rings is 1. The zero-order chi connectivity index (χ0) is 11.5. The number of amidine groups is 1. The number of hydrogen-bond donors (Lipinski definition) is 2. The molecule has 5 nitrogen and oxygen atoms in total. The molecule has 0 atom stereocenters. The highest BCUT2D eigenvalue weighted by atomic mass is 16.5. The third-order valence-electron chi connectivity index (χ3n) is 2.23. The summed E-state index contributed by atoms with van der Waals surface area (Å²) in [5, 5.41) is 3.63. The van der Waals surface area contributed by atoms with Crippen molar-refractivity contribution in [1.82, 2.24) is 5.43 Å². The predicted octanol–water partition coefficient (Wildman–Crippen LogP) is 0.481. The maximum Gasteiger partial charge on any atom is 0.275 e. The Hall–Kier alpha value is -2.30. The summed E-state index contributed by atoms with van der Waals surface area (Å²) in [5.74, 6) is 0.689. The van der Waals surface area contributed by atoms with Gasteiger partial charge in [-0.2, -0.15) is 5.10 Å². The molecule has 1 heterocycles. The average molecular weight is 217 g/mol. The molecule has 0 radical (unpaired) electrons. The van der Waals surface area contributed by atoms with E-state index < -0.39 is 0 Å². The van der Waals surface area contributed by atoms with E-state index >= 15 is 0 Å². The van der Waals surface area contributed by atoms with Gasteiger partial charge in [-0.25, -0.2) is 5.43 Å². The first-order chi connectivity index (χ1) is 7.70. The minimum atomic E-state index is -0.284. The van der Waals surface area contributed by atoms with Gasteiger partial charge in [-0.15, -0.1) is 0 Å². The molecule has 1 amide bonds. The van der Waals surface area contributed by atoms with Gasteiger partial charge in [-0.3, -0.25) is 4.79 Å². The molecule has 0 spiro atoms. The number of nitrogens with zero attached hydrogens (tertiary/aromatic N) is 1. The summed E-state index contributed by atoms with van der Waals surface area (Å²) in [6, 6.07) is 7.30. The fourth-order valence-electron chi connectivity index (χ4n) is 1.35. The predicted molar refractivity (Wildman–Crippen MR) is 60.7 cm³/mol. The lowest BCUT2D eigenvalue weighted by atomic mass is 10.1. The van der Waals surface area contributed by atoms with Crippen LogP contribution in [0.15, 0.2) is 34.9 Å². The van der Waals surface area contributed by atoms with E-state index in [0.29, 0.717) is 5.57 Å². The largest absolute Gasteiger partial charge is 0.497 e. The first-order valence-electron chi connectivity index (χ1n) is 4.70. The number of methoxy groups -OCH3 is 1. The molecule has 3 N–H and O–H groups in total. The van der Waals surface area contributed by atoms with Gasteiger partial charge in [-0.05, 0) is 23.8 Å². The Bertz CT molecular complexity index is 475. The lowest BCUT2D eigenvalue weighted by Crippen LogP contribution is -2.16. The van der Waals surface area contributed by atoms with Crippen LogP contribution in [-0.4, -0.2) is 18.9 Å². The highest BCUT2D eigenvalue weighted by Crippen LogP contribution is 2.15. The second kappa shape index (κ2) is 4.06. The summed E-state index contributed by atoms with van der Waals surface area (Å²) in [4.78, 5) is 11.3. The Labute approximate surface area is 92.6 Å². The van der Waals surface area contributed by atoms with Gasteiger partial charge in [0.25, 0.3) is 5.91 Å². The number of hydrogen-bond acceptors (Lipinski definition) is 4. The Kier molecular flexibility index (Phi) is 2.59. The van der Waals surface area contributed by atoms with Gasteiger partial charge in [0.2, 0.25) is 0 Å². The fraction of sp³-hybridized carbons (Fsp3) is 0.0909. The SMILES string of the molecule is COc1ccc(C=C2C(=O)NN=C2N)cc1. The van der Waals surface area contributed by atoms with Gasteiger partial charge in [0.15, 0.2) is 5.84 Å². The molecule has 1 aromatic rings. The molecule has 1 aromatic carbocycles. The van der Waals surface area contributed by atoms with Gasteiger partial charge in [-0.1, -0.05) is 12.1 Å². The molecule has 5 heteroatoms. The molecule has 2 rings (SSSR count). The summed E-state index contributed by atoms with van der Waals surface area (Å²) >= 11 is 0. The molecular formula is C11H11N3O2. The van der Waals surface area contributed by atoms with Crippen LogP contribution in [0.1, 0.15) is 5.56 Å². The van der Waals surface area contributed by atoms with E-state index in [2.05, 4.69) is 10.5 Å². The molecule has 0 saturated carbocycles. The Balaban J connectivity index is 2.28. The van der Waals surface area contributed by atoms with Crippen molar-refractivity contribution in [2.75, 3.05) is 7.11 Å². The molecule has 82 valence electrons. The van der Waals surface area contributed by atoms with Crippen LogP contribution in [0.3, 0.4) is 0 Å². The van der Waals surface area contributed by atoms with E-state index in [1.165, 1.54) is 0 Å². The van der Waals surface area contributed by atoms with E-state index in [4.69, 9.17) is 10.5 Å². The van der Waals surface area contributed by atoms with E-state index in [9.17, 15) is 4.79 Å². The minimum Gasteiger partial charge on any atom is -0.497 e. The summed E-state index contributed by atoms with van der Waals surface area (Å²) < 4.78 is 5.03. The quantitative estimate of drug-likeness (QED) is 0.707. The van der Waals surface area contributed by atoms with Gasteiger partial charge in [0.1, 0.15) is 5.75 Å². The van der Waals surface area contributed by atoms with Crippen LogP contribution in [0.5, 0.6) is 5.75 Å². The van der Waals surface area contributed by atoms with E-state index in [1.807, 2.05) is 24.3 Å². The van der Waals surface area contributed by atoms with Crippen LogP contribution in [0.2, 0.25) is 0 Å². The zero-order valence-corrected chi connectivity index (χ0v) is 8.73. The normalized spacial score (nSPS) is 17.2. The molecule has 1 aliphatic rings. The standard InChI is InChI=1S/C11H11N3O2/c1-16-8-4-2-7(3-5-8)6-9-10(12)13-14-11(9)15/h2-6H,1H3,(H2,12,13)(H,14,15). The smallest absolute Gasteiger partial charge is 0.275 e. The average Bonchev–Trinajstić information content (AvgIpc) is 2.62. The summed E-state index contributed by atoms with van der Waals surface area (Å²) in [5.41, 5.74) is 9.09. The van der Waals surface area contributed by atoms with Gasteiger partial charge in [0.05, 0.1) is 12.7 Å². The van der Waals surface area contributed by atoms with E-state index in [-0.39, 0.29) is 11.7 Å². The number of ether oxygens (including phenoxy) is 1. The third kappa shape index (κ3) is 1.88. The van der Waals surface area contributed by atoms with Gasteiger partial charge >= 0.3 is 0 Å². The minimum absolute atomic E-state index is 0.209. The van der Waals surface area contributed by atoms with E-state index in [0.717, 1.165) is 11.3 Å². The highest BCUT2D eigenvalue weighted by Gasteiger charge is 2.19. The van der Waals surface area contributed by atoms with Crippen molar-refractivity contribution in [2.45, 2.75) is 0 Å². The Morgan fingerprint density at radius 1 is 1.38 bits per heavy atom. The van der Waals surface area contributed by atoms with Crippen molar-refractivity contribution in [1.29, 1.82) is 0 Å². The first-order valence-corrected chi connectivity index (χ1v) is 4.70. The number of nitrogens with two attached hydrogens (primary N) is 1. The monoisotopic (exact) mass is 217 g/mol. The highest BCUT2D eigenvalue weighted by molar-refractivity contribution is 6.26. The molecular weight excluding hydrogens is 206 g/mol. The first kappa shape index (κ1) is 10.2. The maximum atomic E-state index is 11.3. The molecule has 1 aliphatic heterocycles. The summed E-state index contributed by atoms with van der Waals surface area (Å²) in [6.45, 7) is 0. The number of amides is 1. The zero-order valence-electron chi connectivity index (χ0n) is 8.73. The molecule has 0 aromatic heterocycles. The molecule has 0 fully saturated rings. The second-order valence-corrected chi connectivity index (χ2v) is 3.27. The lowest BCUT2D eigenvalue weighted by molar-refractivity contribution is -0.116.